The van der Waals surface area contributed by atoms with Crippen molar-refractivity contribution in [2.24, 2.45) is 0 Å². The van der Waals surface area contributed by atoms with Crippen LogP contribution in [0.25, 0.3) is 0 Å². The van der Waals surface area contributed by atoms with E-state index in [0.29, 0.717) is 19.3 Å². The number of halogens is 3. The smallest absolute Gasteiger partial charge is 0.411 e. The Morgan fingerprint density at radius 1 is 1.39 bits per heavy atom. The van der Waals surface area contributed by atoms with E-state index < -0.39 is 24.8 Å². The van der Waals surface area contributed by atoms with Crippen molar-refractivity contribution in [2.45, 2.75) is 50.4 Å². The Morgan fingerprint density at radius 2 is 2.11 bits per heavy atom. The van der Waals surface area contributed by atoms with Gasteiger partial charge < -0.3 is 15.2 Å². The lowest BCUT2D eigenvalue weighted by molar-refractivity contribution is -0.174. The maximum atomic E-state index is 11.8. The number of hydrogen-bond acceptors (Lipinski definition) is 3. The van der Waals surface area contributed by atoms with Gasteiger partial charge in [-0.05, 0) is 32.1 Å². The number of nitrogens with one attached hydrogen (secondary N) is 1. The van der Waals surface area contributed by atoms with Gasteiger partial charge in [-0.15, -0.1) is 0 Å². The zero-order valence-electron chi connectivity index (χ0n) is 10.0. The van der Waals surface area contributed by atoms with E-state index in [1.165, 1.54) is 0 Å². The van der Waals surface area contributed by atoms with Gasteiger partial charge in [0.05, 0.1) is 0 Å². The molecule has 1 aliphatic heterocycles. The highest BCUT2D eigenvalue weighted by Gasteiger charge is 2.28. The van der Waals surface area contributed by atoms with E-state index >= 15 is 0 Å². The van der Waals surface area contributed by atoms with E-state index in [-0.39, 0.29) is 12.6 Å². The predicted octanol–water partition coefficient (Wildman–Crippen LogP) is 1.94. The van der Waals surface area contributed by atoms with Crippen molar-refractivity contribution < 1.29 is 27.8 Å². The molecule has 1 saturated heterocycles. The SMILES string of the molecule is O=C(O)C1CCCC(CCCOCC(F)(F)F)N1. The zero-order chi connectivity index (χ0) is 13.6. The molecule has 4 nitrogen and oxygen atoms in total. The number of hydrogen-bond donors (Lipinski definition) is 2. The van der Waals surface area contributed by atoms with Crippen molar-refractivity contribution in [2.75, 3.05) is 13.2 Å². The van der Waals surface area contributed by atoms with Gasteiger partial charge in [-0.1, -0.05) is 0 Å². The normalized spacial score (nSPS) is 25.1. The molecular formula is C11H18F3NO3. The molecule has 0 spiro atoms. The number of carboxylic acid groups (broad SMARTS) is 1. The van der Waals surface area contributed by atoms with Gasteiger partial charge in [0.25, 0.3) is 0 Å². The van der Waals surface area contributed by atoms with Gasteiger partial charge in [-0.25, -0.2) is 0 Å². The lowest BCUT2D eigenvalue weighted by atomic mass is 9.96. The van der Waals surface area contributed by atoms with E-state index in [0.717, 1.165) is 12.8 Å². The van der Waals surface area contributed by atoms with Crippen LogP contribution in [0, 0.1) is 0 Å². The molecule has 106 valence electrons. The van der Waals surface area contributed by atoms with Crippen LogP contribution in [0.5, 0.6) is 0 Å². The maximum Gasteiger partial charge on any atom is 0.411 e. The van der Waals surface area contributed by atoms with Gasteiger partial charge in [0.2, 0.25) is 0 Å². The molecular weight excluding hydrogens is 251 g/mol. The lowest BCUT2D eigenvalue weighted by Gasteiger charge is -2.28. The molecule has 0 saturated carbocycles. The first-order valence-electron chi connectivity index (χ1n) is 6.02. The molecule has 1 heterocycles. The largest absolute Gasteiger partial charge is 0.480 e. The second-order valence-corrected chi connectivity index (χ2v) is 4.50. The average molecular weight is 269 g/mol. The first kappa shape index (κ1) is 15.2. The van der Waals surface area contributed by atoms with Crippen LogP contribution in [-0.4, -0.2) is 42.5 Å². The number of carboxylic acids is 1. The van der Waals surface area contributed by atoms with Gasteiger partial charge in [-0.3, -0.25) is 4.79 Å². The van der Waals surface area contributed by atoms with Gasteiger partial charge in [-0.2, -0.15) is 13.2 Å². The number of aliphatic carboxylic acids is 1. The Hall–Kier alpha value is -0.820. The Bertz CT molecular complexity index is 271. The molecule has 0 aromatic carbocycles. The van der Waals surface area contributed by atoms with Crippen LogP contribution in [0.1, 0.15) is 32.1 Å². The van der Waals surface area contributed by atoms with E-state index in [2.05, 4.69) is 10.1 Å². The fraction of sp³-hybridized carbons (Fsp3) is 0.909. The third-order valence-electron chi connectivity index (χ3n) is 2.89. The summed E-state index contributed by atoms with van der Waals surface area (Å²) in [6.07, 6.45) is -0.837. The highest BCUT2D eigenvalue weighted by Crippen LogP contribution is 2.17. The molecule has 2 unspecified atom stereocenters. The number of rotatable bonds is 6. The van der Waals surface area contributed by atoms with Crippen molar-refractivity contribution >= 4 is 5.97 Å². The molecule has 0 bridgehead atoms. The van der Waals surface area contributed by atoms with E-state index in [4.69, 9.17) is 5.11 Å². The minimum Gasteiger partial charge on any atom is -0.480 e. The van der Waals surface area contributed by atoms with Crippen molar-refractivity contribution in [1.82, 2.24) is 5.32 Å². The van der Waals surface area contributed by atoms with Gasteiger partial charge in [0.1, 0.15) is 12.6 Å². The maximum absolute atomic E-state index is 11.8. The molecule has 0 aromatic rings. The number of piperidine rings is 1. The first-order chi connectivity index (χ1) is 8.38. The second-order valence-electron chi connectivity index (χ2n) is 4.50. The molecule has 1 rings (SSSR count). The molecule has 1 aliphatic rings. The summed E-state index contributed by atoms with van der Waals surface area (Å²) in [6, 6.07) is -0.464. The minimum atomic E-state index is -4.28. The van der Waals surface area contributed by atoms with Gasteiger partial charge in [0, 0.05) is 12.6 Å². The van der Waals surface area contributed by atoms with Gasteiger partial charge in [0.15, 0.2) is 0 Å². The summed E-state index contributed by atoms with van der Waals surface area (Å²) in [6.45, 7) is -1.17. The molecule has 0 aromatic heterocycles. The van der Waals surface area contributed by atoms with E-state index in [1.807, 2.05) is 0 Å². The van der Waals surface area contributed by atoms with Crippen molar-refractivity contribution in [3.63, 3.8) is 0 Å². The third-order valence-corrected chi connectivity index (χ3v) is 2.89. The van der Waals surface area contributed by atoms with Crippen LogP contribution < -0.4 is 5.32 Å². The van der Waals surface area contributed by atoms with Gasteiger partial charge >= 0.3 is 12.1 Å². The highest BCUT2D eigenvalue weighted by atomic mass is 19.4. The molecule has 2 N–H and O–H groups in total. The standard InChI is InChI=1S/C11H18F3NO3/c12-11(13,14)7-18-6-2-4-8-3-1-5-9(15-8)10(16)17/h8-9,15H,1-7H2,(H,16,17). The molecule has 18 heavy (non-hydrogen) atoms. The molecule has 0 amide bonds. The molecule has 0 radical (unpaired) electrons. The average Bonchev–Trinajstić information content (AvgIpc) is 2.27. The Balaban J connectivity index is 2.10. The summed E-state index contributed by atoms with van der Waals surface area (Å²) >= 11 is 0. The quantitative estimate of drug-likeness (QED) is 0.723. The Labute approximate surface area is 103 Å². The van der Waals surface area contributed by atoms with Crippen LogP contribution in [0.4, 0.5) is 13.2 Å². The van der Waals surface area contributed by atoms with E-state index in [1.54, 1.807) is 0 Å². The summed E-state index contributed by atoms with van der Waals surface area (Å²) < 4.78 is 39.8. The van der Waals surface area contributed by atoms with Crippen LogP contribution in [0.15, 0.2) is 0 Å². The Kier molecular flexibility index (Phi) is 5.87. The number of alkyl halides is 3. The number of carbonyl (C=O) groups is 1. The summed E-state index contributed by atoms with van der Waals surface area (Å²) in [5.41, 5.74) is 0. The minimum absolute atomic E-state index is 0.0510. The fourth-order valence-electron chi connectivity index (χ4n) is 2.06. The topological polar surface area (TPSA) is 58.6 Å². The first-order valence-corrected chi connectivity index (χ1v) is 6.02. The monoisotopic (exact) mass is 269 g/mol. The summed E-state index contributed by atoms with van der Waals surface area (Å²) in [4.78, 5) is 10.8. The lowest BCUT2D eigenvalue weighted by Crippen LogP contribution is -2.46. The fourth-order valence-corrected chi connectivity index (χ4v) is 2.06. The summed E-state index contributed by atoms with van der Waals surface area (Å²) in [5, 5.41) is 11.8. The Morgan fingerprint density at radius 3 is 2.72 bits per heavy atom. The summed E-state index contributed by atoms with van der Waals surface area (Å²) in [7, 11) is 0. The highest BCUT2D eigenvalue weighted by molar-refractivity contribution is 5.73. The number of ether oxygens (including phenoxy) is 1. The van der Waals surface area contributed by atoms with Crippen LogP contribution in [-0.2, 0) is 9.53 Å². The summed E-state index contributed by atoms with van der Waals surface area (Å²) in [5.74, 6) is -0.868. The molecule has 0 aliphatic carbocycles. The molecule has 2 atom stereocenters. The predicted molar refractivity (Wildman–Crippen MR) is 58.3 cm³/mol. The van der Waals surface area contributed by atoms with Crippen LogP contribution in [0.2, 0.25) is 0 Å². The third kappa shape index (κ3) is 6.20. The molecule has 7 heteroatoms. The van der Waals surface area contributed by atoms with E-state index in [9.17, 15) is 18.0 Å². The van der Waals surface area contributed by atoms with Crippen LogP contribution in [0.3, 0.4) is 0 Å². The second kappa shape index (κ2) is 6.94. The van der Waals surface area contributed by atoms with Crippen LogP contribution >= 0.6 is 0 Å². The zero-order valence-corrected chi connectivity index (χ0v) is 10.0. The molecule has 1 fully saturated rings. The van der Waals surface area contributed by atoms with Crippen molar-refractivity contribution in [3.8, 4) is 0 Å². The van der Waals surface area contributed by atoms with Crippen molar-refractivity contribution in [3.05, 3.63) is 0 Å². The van der Waals surface area contributed by atoms with Crippen molar-refractivity contribution in [1.29, 1.82) is 0 Å².